The molecule has 0 aliphatic carbocycles. The summed E-state index contributed by atoms with van der Waals surface area (Å²) in [7, 11) is 0. The van der Waals surface area contributed by atoms with Crippen molar-refractivity contribution in [2.24, 2.45) is 5.73 Å². The van der Waals surface area contributed by atoms with Gasteiger partial charge in [0, 0.05) is 28.2 Å². The summed E-state index contributed by atoms with van der Waals surface area (Å²) in [5.41, 5.74) is 7.81. The first-order chi connectivity index (χ1) is 7.20. The first-order valence-corrected chi connectivity index (χ1v) is 5.20. The van der Waals surface area contributed by atoms with E-state index in [1.54, 1.807) is 0 Å². The molecule has 0 fully saturated rings. The smallest absolute Gasteiger partial charge is 0.0585 e. The Morgan fingerprint density at radius 3 is 3.00 bits per heavy atom. The summed E-state index contributed by atoms with van der Waals surface area (Å²) in [5.74, 6) is 0. The van der Waals surface area contributed by atoms with Crippen LogP contribution in [0.4, 0.5) is 0 Å². The predicted octanol–water partition coefficient (Wildman–Crippen LogP) is 1.68. The highest BCUT2D eigenvalue weighted by atomic mass is 35.5. The number of fused-ring (bicyclic) bond motifs is 1. The minimum atomic E-state index is -0.209. The number of aliphatic hydroxyl groups is 1. The normalized spacial score (nSPS) is 13.3. The maximum absolute atomic E-state index is 8.89. The topological polar surface area (TPSA) is 62.0 Å². The molecule has 80 valence electrons. The second-order valence-corrected chi connectivity index (χ2v) is 4.09. The molecule has 0 aliphatic rings. The molecular formula is C11H13ClN2O. The Bertz CT molecular complexity index is 467. The van der Waals surface area contributed by atoms with Gasteiger partial charge in [0.05, 0.1) is 6.61 Å². The third-order valence-corrected chi connectivity index (χ3v) is 2.68. The molecule has 4 N–H and O–H groups in total. The fourth-order valence-corrected chi connectivity index (χ4v) is 1.85. The highest BCUT2D eigenvalue weighted by Crippen LogP contribution is 2.22. The van der Waals surface area contributed by atoms with E-state index < -0.39 is 0 Å². The number of H-pyrrole nitrogens is 1. The highest BCUT2D eigenvalue weighted by molar-refractivity contribution is 6.31. The van der Waals surface area contributed by atoms with E-state index in [1.807, 2.05) is 24.4 Å². The summed E-state index contributed by atoms with van der Waals surface area (Å²) < 4.78 is 0. The predicted molar refractivity (Wildman–Crippen MR) is 62.1 cm³/mol. The van der Waals surface area contributed by atoms with Crippen molar-refractivity contribution < 1.29 is 5.11 Å². The minimum absolute atomic E-state index is 0.000261. The largest absolute Gasteiger partial charge is 0.395 e. The Morgan fingerprint density at radius 1 is 1.47 bits per heavy atom. The number of rotatable bonds is 3. The average molecular weight is 225 g/mol. The van der Waals surface area contributed by atoms with Crippen LogP contribution in [0.1, 0.15) is 5.56 Å². The first-order valence-electron chi connectivity index (χ1n) is 4.82. The van der Waals surface area contributed by atoms with Gasteiger partial charge in [-0.25, -0.2) is 0 Å². The van der Waals surface area contributed by atoms with E-state index in [0.29, 0.717) is 11.4 Å². The molecule has 2 rings (SSSR count). The third-order valence-electron chi connectivity index (χ3n) is 2.45. The number of nitrogens with two attached hydrogens (primary N) is 1. The van der Waals surface area contributed by atoms with E-state index in [2.05, 4.69) is 4.98 Å². The number of aromatic amines is 1. The van der Waals surface area contributed by atoms with Crippen LogP contribution in [-0.2, 0) is 6.42 Å². The van der Waals surface area contributed by atoms with Crippen LogP contribution in [0.25, 0.3) is 10.9 Å². The molecule has 15 heavy (non-hydrogen) atoms. The second-order valence-electron chi connectivity index (χ2n) is 3.65. The van der Waals surface area contributed by atoms with Gasteiger partial charge in [-0.2, -0.15) is 0 Å². The number of aromatic nitrogens is 1. The molecule has 3 nitrogen and oxygen atoms in total. The number of aliphatic hydroxyl groups excluding tert-OH is 1. The molecule has 0 aliphatic heterocycles. The SMILES string of the molecule is NC(CO)Cc1c[nH]c2cc(Cl)ccc12. The second kappa shape index (κ2) is 4.23. The van der Waals surface area contributed by atoms with Crippen LogP contribution < -0.4 is 5.73 Å². The van der Waals surface area contributed by atoms with Crippen molar-refractivity contribution in [1.82, 2.24) is 4.98 Å². The van der Waals surface area contributed by atoms with Crippen molar-refractivity contribution in [3.05, 3.63) is 35.0 Å². The van der Waals surface area contributed by atoms with Crippen molar-refractivity contribution in [1.29, 1.82) is 0 Å². The van der Waals surface area contributed by atoms with Crippen molar-refractivity contribution in [3.63, 3.8) is 0 Å². The molecule has 4 heteroatoms. The number of halogens is 1. The maximum Gasteiger partial charge on any atom is 0.0585 e. The Labute approximate surface area is 92.9 Å². The Morgan fingerprint density at radius 2 is 2.27 bits per heavy atom. The Hall–Kier alpha value is -1.03. The van der Waals surface area contributed by atoms with Crippen LogP contribution >= 0.6 is 11.6 Å². The zero-order valence-electron chi connectivity index (χ0n) is 8.20. The number of benzene rings is 1. The zero-order chi connectivity index (χ0) is 10.8. The summed E-state index contributed by atoms with van der Waals surface area (Å²) in [5, 5.41) is 10.7. The van der Waals surface area contributed by atoms with Gasteiger partial charge in [-0.3, -0.25) is 0 Å². The molecule has 0 amide bonds. The zero-order valence-corrected chi connectivity index (χ0v) is 8.96. The van der Waals surface area contributed by atoms with Crippen LogP contribution in [0.3, 0.4) is 0 Å². The molecule has 1 unspecified atom stereocenters. The molecule has 0 saturated carbocycles. The Balaban J connectivity index is 2.36. The van der Waals surface area contributed by atoms with Crippen LogP contribution in [-0.4, -0.2) is 22.7 Å². The molecule has 1 aromatic heterocycles. The van der Waals surface area contributed by atoms with E-state index >= 15 is 0 Å². The fourth-order valence-electron chi connectivity index (χ4n) is 1.67. The molecule has 0 saturated heterocycles. The molecular weight excluding hydrogens is 212 g/mol. The average Bonchev–Trinajstić information content (AvgIpc) is 2.60. The monoisotopic (exact) mass is 224 g/mol. The van der Waals surface area contributed by atoms with Crippen molar-refractivity contribution in [2.45, 2.75) is 12.5 Å². The van der Waals surface area contributed by atoms with Crippen molar-refractivity contribution in [3.8, 4) is 0 Å². The lowest BCUT2D eigenvalue weighted by molar-refractivity contribution is 0.265. The summed E-state index contributed by atoms with van der Waals surface area (Å²) in [6.07, 6.45) is 2.58. The number of nitrogens with one attached hydrogen (secondary N) is 1. The summed E-state index contributed by atoms with van der Waals surface area (Å²) in [4.78, 5) is 3.14. The highest BCUT2D eigenvalue weighted by Gasteiger charge is 2.07. The summed E-state index contributed by atoms with van der Waals surface area (Å²) in [6.45, 7) is 0.000261. The van der Waals surface area contributed by atoms with Crippen molar-refractivity contribution >= 4 is 22.5 Å². The fraction of sp³-hybridized carbons (Fsp3) is 0.273. The minimum Gasteiger partial charge on any atom is -0.395 e. The lowest BCUT2D eigenvalue weighted by atomic mass is 10.1. The van der Waals surface area contributed by atoms with Crippen LogP contribution in [0.5, 0.6) is 0 Å². The van der Waals surface area contributed by atoms with Gasteiger partial charge in [0.15, 0.2) is 0 Å². The molecule has 1 atom stereocenters. The maximum atomic E-state index is 8.89. The van der Waals surface area contributed by atoms with Gasteiger partial charge in [0.1, 0.15) is 0 Å². The van der Waals surface area contributed by atoms with Crippen LogP contribution in [0.2, 0.25) is 5.02 Å². The van der Waals surface area contributed by atoms with Gasteiger partial charge in [0.2, 0.25) is 0 Å². The number of hydrogen-bond donors (Lipinski definition) is 3. The van der Waals surface area contributed by atoms with Gasteiger partial charge in [-0.1, -0.05) is 17.7 Å². The molecule has 1 aromatic carbocycles. The summed E-state index contributed by atoms with van der Waals surface area (Å²) >= 11 is 5.88. The molecule has 0 bridgehead atoms. The van der Waals surface area contributed by atoms with Crippen molar-refractivity contribution in [2.75, 3.05) is 6.61 Å². The van der Waals surface area contributed by atoms with Gasteiger partial charge < -0.3 is 15.8 Å². The van der Waals surface area contributed by atoms with Gasteiger partial charge >= 0.3 is 0 Å². The van der Waals surface area contributed by atoms with E-state index in [9.17, 15) is 0 Å². The first kappa shape index (κ1) is 10.5. The molecule has 0 radical (unpaired) electrons. The van der Waals surface area contributed by atoms with Gasteiger partial charge in [0.25, 0.3) is 0 Å². The van der Waals surface area contributed by atoms with Crippen LogP contribution in [0.15, 0.2) is 24.4 Å². The third kappa shape index (κ3) is 2.15. The lowest BCUT2D eigenvalue weighted by Gasteiger charge is -2.06. The van der Waals surface area contributed by atoms with E-state index in [1.165, 1.54) is 0 Å². The lowest BCUT2D eigenvalue weighted by Crippen LogP contribution is -2.26. The molecule has 0 spiro atoms. The van der Waals surface area contributed by atoms with Crippen LogP contribution in [0, 0.1) is 0 Å². The van der Waals surface area contributed by atoms with Gasteiger partial charge in [-0.15, -0.1) is 0 Å². The standard InChI is InChI=1S/C11H13ClN2O/c12-8-1-2-10-7(3-9(13)6-15)5-14-11(10)4-8/h1-2,4-5,9,14-15H,3,6,13H2. The van der Waals surface area contributed by atoms with E-state index in [-0.39, 0.29) is 12.6 Å². The molecule has 1 heterocycles. The van der Waals surface area contributed by atoms with E-state index in [4.69, 9.17) is 22.4 Å². The Kier molecular flexibility index (Phi) is 2.95. The van der Waals surface area contributed by atoms with E-state index in [0.717, 1.165) is 16.5 Å². The summed E-state index contributed by atoms with van der Waals surface area (Å²) in [6, 6.07) is 5.49. The van der Waals surface area contributed by atoms with Gasteiger partial charge in [-0.05, 0) is 24.1 Å². The molecule has 2 aromatic rings. The quantitative estimate of drug-likeness (QED) is 0.743. The number of hydrogen-bond acceptors (Lipinski definition) is 2.